The molecule has 0 radical (unpaired) electrons. The van der Waals surface area contributed by atoms with Gasteiger partial charge >= 0.3 is 0 Å². The largest absolute Gasteiger partial charge is 0.275 e. The molecule has 74 valence electrons. The van der Waals surface area contributed by atoms with Crippen LogP contribution in [0.2, 0.25) is 0 Å². The quantitative estimate of drug-likeness (QED) is 0.662. The van der Waals surface area contributed by atoms with Crippen molar-refractivity contribution in [3.8, 4) is 0 Å². The van der Waals surface area contributed by atoms with Gasteiger partial charge in [-0.3, -0.25) is 4.68 Å². The zero-order chi connectivity index (χ0) is 10.2. The Morgan fingerprint density at radius 2 is 2.07 bits per heavy atom. The topological polar surface area (TPSA) is 17.8 Å². The lowest BCUT2D eigenvalue weighted by Gasteiger charge is -2.17. The van der Waals surface area contributed by atoms with Crippen molar-refractivity contribution in [2.75, 3.05) is 0 Å². The molecule has 0 saturated carbocycles. The number of hydrogen-bond acceptors (Lipinski definition) is 1. The van der Waals surface area contributed by atoms with E-state index in [2.05, 4.69) is 49.4 Å². The summed E-state index contributed by atoms with van der Waals surface area (Å²) in [4.78, 5) is 0. The normalized spacial score (nSPS) is 24.8. The molecule has 14 heavy (non-hydrogen) atoms. The molecule has 0 saturated heterocycles. The smallest absolute Gasteiger partial charge is 0.0920 e. The molecule has 0 spiro atoms. The van der Waals surface area contributed by atoms with Crippen LogP contribution in [0.25, 0.3) is 12.2 Å². The Labute approximate surface area is 84.9 Å². The van der Waals surface area contributed by atoms with Gasteiger partial charge in [-0.05, 0) is 12.5 Å². The highest BCUT2D eigenvalue weighted by Gasteiger charge is 2.17. The van der Waals surface area contributed by atoms with Crippen LogP contribution in [0.5, 0.6) is 0 Å². The van der Waals surface area contributed by atoms with E-state index >= 15 is 0 Å². The minimum atomic E-state index is 0.187. The fourth-order valence-corrected chi connectivity index (χ4v) is 1.62. The Morgan fingerprint density at radius 3 is 2.79 bits per heavy atom. The molecule has 1 aromatic heterocycles. The average Bonchev–Trinajstić information content (AvgIpc) is 2.46. The molecule has 1 heterocycles. The number of nitrogens with zero attached hydrogens (tertiary/aromatic N) is 2. The minimum Gasteiger partial charge on any atom is -0.275 e. The van der Waals surface area contributed by atoms with Crippen molar-refractivity contribution in [3.63, 3.8) is 0 Å². The summed E-state index contributed by atoms with van der Waals surface area (Å²) in [7, 11) is 1.95. The van der Waals surface area contributed by atoms with Crippen molar-refractivity contribution in [1.82, 2.24) is 9.78 Å². The summed E-state index contributed by atoms with van der Waals surface area (Å²) < 4.78 is 1.86. The van der Waals surface area contributed by atoms with E-state index in [4.69, 9.17) is 0 Å². The van der Waals surface area contributed by atoms with E-state index in [0.717, 1.165) is 12.1 Å². The second-order valence-corrected chi connectivity index (χ2v) is 4.17. The van der Waals surface area contributed by atoms with Gasteiger partial charge in [0.25, 0.3) is 0 Å². The van der Waals surface area contributed by atoms with Crippen LogP contribution in [-0.4, -0.2) is 9.78 Å². The van der Waals surface area contributed by atoms with Gasteiger partial charge in [0.2, 0.25) is 0 Å². The molecule has 0 aromatic carbocycles. The number of hydrogen-bond donors (Lipinski definition) is 0. The average molecular weight is 188 g/mol. The molecule has 1 aromatic rings. The second-order valence-electron chi connectivity index (χ2n) is 4.17. The first-order valence-corrected chi connectivity index (χ1v) is 5.05. The number of aromatic nitrogens is 2. The molecule has 0 bridgehead atoms. The Morgan fingerprint density at radius 1 is 1.36 bits per heavy atom. The van der Waals surface area contributed by atoms with Crippen LogP contribution in [0.1, 0.15) is 31.5 Å². The van der Waals surface area contributed by atoms with Gasteiger partial charge in [0.1, 0.15) is 0 Å². The van der Waals surface area contributed by atoms with Crippen molar-refractivity contribution >= 4 is 12.2 Å². The van der Waals surface area contributed by atoms with Crippen molar-refractivity contribution in [1.29, 1.82) is 0 Å². The van der Waals surface area contributed by atoms with Gasteiger partial charge < -0.3 is 0 Å². The lowest BCUT2D eigenvalue weighted by atomic mass is 9.87. The van der Waals surface area contributed by atoms with E-state index in [1.807, 2.05) is 11.7 Å². The third kappa shape index (κ3) is 1.52. The van der Waals surface area contributed by atoms with Crippen LogP contribution in [-0.2, 0) is 7.05 Å². The fourth-order valence-electron chi connectivity index (χ4n) is 1.62. The molecule has 1 atom stereocenters. The number of allylic oxidation sites excluding steroid dienone is 2. The van der Waals surface area contributed by atoms with Gasteiger partial charge in [0.05, 0.1) is 5.69 Å². The standard InChI is InChI=1S/C12H16N2/c1-4-12(2)7-5-10-9-14(3)13-11(10)6-8-12/h5-9H,4H2,1-3H3. The maximum Gasteiger partial charge on any atom is 0.0920 e. The Bertz CT molecular complexity index is 365. The van der Waals surface area contributed by atoms with Crippen LogP contribution in [0.15, 0.2) is 18.3 Å². The zero-order valence-corrected chi connectivity index (χ0v) is 8.99. The van der Waals surface area contributed by atoms with Crippen molar-refractivity contribution in [2.45, 2.75) is 20.3 Å². The minimum absolute atomic E-state index is 0.187. The van der Waals surface area contributed by atoms with Crippen LogP contribution >= 0.6 is 0 Å². The summed E-state index contributed by atoms with van der Waals surface area (Å²) in [6, 6.07) is 0. The van der Waals surface area contributed by atoms with Crippen LogP contribution in [0.4, 0.5) is 0 Å². The molecule has 2 rings (SSSR count). The van der Waals surface area contributed by atoms with Crippen LogP contribution in [0.3, 0.4) is 0 Å². The third-order valence-electron chi connectivity index (χ3n) is 2.91. The monoisotopic (exact) mass is 188 g/mol. The Kier molecular flexibility index (Phi) is 2.06. The van der Waals surface area contributed by atoms with Gasteiger partial charge in [0.15, 0.2) is 0 Å². The summed E-state index contributed by atoms with van der Waals surface area (Å²) in [5, 5.41) is 4.39. The molecule has 1 unspecified atom stereocenters. The highest BCUT2D eigenvalue weighted by molar-refractivity contribution is 5.65. The van der Waals surface area contributed by atoms with Crippen LogP contribution in [0, 0.1) is 5.41 Å². The predicted octanol–water partition coefficient (Wildman–Crippen LogP) is 2.88. The Hall–Kier alpha value is -1.31. The molecule has 0 aliphatic heterocycles. The number of aryl methyl sites for hydroxylation is 1. The summed E-state index contributed by atoms with van der Waals surface area (Å²) in [6.07, 6.45) is 12.0. The maximum atomic E-state index is 4.39. The van der Waals surface area contributed by atoms with E-state index in [-0.39, 0.29) is 5.41 Å². The van der Waals surface area contributed by atoms with E-state index in [1.54, 1.807) is 0 Å². The number of rotatable bonds is 1. The summed E-state index contributed by atoms with van der Waals surface area (Å²) in [5.41, 5.74) is 2.47. The summed E-state index contributed by atoms with van der Waals surface area (Å²) in [6.45, 7) is 4.45. The molecule has 0 fully saturated rings. The molecule has 0 amide bonds. The lowest BCUT2D eigenvalue weighted by molar-refractivity contribution is 0.536. The highest BCUT2D eigenvalue weighted by Crippen LogP contribution is 2.30. The van der Waals surface area contributed by atoms with E-state index in [9.17, 15) is 0 Å². The van der Waals surface area contributed by atoms with Gasteiger partial charge in [-0.15, -0.1) is 0 Å². The Balaban J connectivity index is 2.44. The highest BCUT2D eigenvalue weighted by atomic mass is 15.2. The van der Waals surface area contributed by atoms with Crippen LogP contribution < -0.4 is 0 Å². The summed E-state index contributed by atoms with van der Waals surface area (Å²) >= 11 is 0. The third-order valence-corrected chi connectivity index (χ3v) is 2.91. The molecule has 2 heteroatoms. The van der Waals surface area contributed by atoms with Crippen molar-refractivity contribution in [3.05, 3.63) is 29.6 Å². The van der Waals surface area contributed by atoms with Gasteiger partial charge in [-0.2, -0.15) is 5.10 Å². The van der Waals surface area contributed by atoms with E-state index < -0.39 is 0 Å². The molecule has 2 nitrogen and oxygen atoms in total. The van der Waals surface area contributed by atoms with E-state index in [1.165, 1.54) is 5.56 Å². The predicted molar refractivity (Wildman–Crippen MR) is 59.7 cm³/mol. The van der Waals surface area contributed by atoms with Gasteiger partial charge in [0, 0.05) is 24.2 Å². The molecule has 1 aliphatic carbocycles. The summed E-state index contributed by atoms with van der Waals surface area (Å²) in [5.74, 6) is 0. The van der Waals surface area contributed by atoms with E-state index in [0.29, 0.717) is 0 Å². The molecular formula is C12H16N2. The second kappa shape index (κ2) is 3.12. The fraction of sp³-hybridized carbons (Fsp3) is 0.417. The number of fused-ring (bicyclic) bond motifs is 1. The molecule has 1 aliphatic rings. The molecular weight excluding hydrogens is 172 g/mol. The SMILES string of the molecule is CCC1(C)C=Cc2cn(C)nc2C=C1. The lowest BCUT2D eigenvalue weighted by Crippen LogP contribution is -2.06. The first kappa shape index (κ1) is 9.25. The first-order chi connectivity index (χ1) is 6.63. The molecule has 0 N–H and O–H groups in total. The maximum absolute atomic E-state index is 4.39. The van der Waals surface area contributed by atoms with Crippen molar-refractivity contribution < 1.29 is 0 Å². The van der Waals surface area contributed by atoms with Gasteiger partial charge in [-0.1, -0.05) is 32.1 Å². The first-order valence-electron chi connectivity index (χ1n) is 5.05. The zero-order valence-electron chi connectivity index (χ0n) is 8.99. The van der Waals surface area contributed by atoms with Crippen molar-refractivity contribution in [2.24, 2.45) is 12.5 Å². The van der Waals surface area contributed by atoms with Gasteiger partial charge in [-0.25, -0.2) is 0 Å².